The van der Waals surface area contributed by atoms with Crippen molar-refractivity contribution in [1.29, 1.82) is 0 Å². The molecule has 0 aromatic rings. The monoisotopic (exact) mass is 230 g/mol. The molecular formula is C10H18N2O2S. The van der Waals surface area contributed by atoms with E-state index in [1.165, 1.54) is 12.8 Å². The van der Waals surface area contributed by atoms with Gasteiger partial charge in [0, 0.05) is 26.7 Å². The first-order chi connectivity index (χ1) is 7.29. The normalized spacial score (nSPS) is 29.3. The molecule has 15 heavy (non-hydrogen) atoms. The molecule has 2 heterocycles. The van der Waals surface area contributed by atoms with Gasteiger partial charge in [0.2, 0.25) is 0 Å². The van der Waals surface area contributed by atoms with E-state index in [2.05, 4.69) is 10.2 Å². The molecule has 2 saturated heterocycles. The predicted octanol–water partition coefficient (Wildman–Crippen LogP) is 0.370. The van der Waals surface area contributed by atoms with E-state index in [4.69, 9.17) is 21.7 Å². The van der Waals surface area contributed by atoms with E-state index in [0.717, 1.165) is 24.7 Å². The molecular weight excluding hydrogens is 212 g/mol. The molecule has 2 fully saturated rings. The first kappa shape index (κ1) is 11.1. The highest BCUT2D eigenvalue weighted by Gasteiger charge is 2.34. The molecule has 0 radical (unpaired) electrons. The summed E-state index contributed by atoms with van der Waals surface area (Å²) in [5, 5.41) is 4.04. The van der Waals surface area contributed by atoms with Crippen LogP contribution in [-0.2, 0) is 9.47 Å². The van der Waals surface area contributed by atoms with Gasteiger partial charge in [0.25, 0.3) is 0 Å². The lowest BCUT2D eigenvalue weighted by atomic mass is 10.2. The Kier molecular flexibility index (Phi) is 3.77. The number of nitrogens with zero attached hydrogens (tertiary/aromatic N) is 1. The summed E-state index contributed by atoms with van der Waals surface area (Å²) >= 11 is 5.32. The van der Waals surface area contributed by atoms with Crippen molar-refractivity contribution in [3.8, 4) is 0 Å². The van der Waals surface area contributed by atoms with Crippen molar-refractivity contribution in [2.24, 2.45) is 0 Å². The summed E-state index contributed by atoms with van der Waals surface area (Å²) in [6, 6.07) is 0. The summed E-state index contributed by atoms with van der Waals surface area (Å²) < 4.78 is 10.7. The lowest BCUT2D eigenvalue weighted by Crippen LogP contribution is -2.50. The van der Waals surface area contributed by atoms with Crippen molar-refractivity contribution in [3.05, 3.63) is 0 Å². The van der Waals surface area contributed by atoms with Crippen molar-refractivity contribution in [2.75, 3.05) is 33.4 Å². The third-order valence-electron chi connectivity index (χ3n) is 2.91. The Hall–Kier alpha value is -0.390. The van der Waals surface area contributed by atoms with E-state index in [-0.39, 0.29) is 0 Å². The molecule has 0 aromatic carbocycles. The van der Waals surface area contributed by atoms with Crippen LogP contribution in [0.3, 0.4) is 0 Å². The number of hydrogen-bond acceptors (Lipinski definition) is 3. The van der Waals surface area contributed by atoms with Crippen LogP contribution in [0.4, 0.5) is 0 Å². The minimum atomic E-state index is 0.394. The Labute approximate surface area is 95.9 Å². The molecule has 86 valence electrons. The van der Waals surface area contributed by atoms with E-state index in [9.17, 15) is 0 Å². The molecule has 0 aliphatic carbocycles. The van der Waals surface area contributed by atoms with E-state index in [0.29, 0.717) is 18.8 Å². The summed E-state index contributed by atoms with van der Waals surface area (Å²) in [5.41, 5.74) is 0. The summed E-state index contributed by atoms with van der Waals surface area (Å²) in [7, 11) is 1.69. The van der Waals surface area contributed by atoms with Crippen LogP contribution < -0.4 is 5.32 Å². The fraction of sp³-hybridized carbons (Fsp3) is 0.900. The second kappa shape index (κ2) is 5.09. The number of fused-ring (bicyclic) bond motifs is 2. The molecule has 2 rings (SSSR count). The van der Waals surface area contributed by atoms with Crippen LogP contribution >= 0.6 is 12.2 Å². The Morgan fingerprint density at radius 2 is 2.13 bits per heavy atom. The van der Waals surface area contributed by atoms with E-state index >= 15 is 0 Å². The molecule has 0 aromatic heterocycles. The van der Waals surface area contributed by atoms with E-state index in [1.807, 2.05) is 0 Å². The Morgan fingerprint density at radius 3 is 2.73 bits per heavy atom. The highest BCUT2D eigenvalue weighted by molar-refractivity contribution is 7.80. The van der Waals surface area contributed by atoms with Crippen molar-refractivity contribution in [3.63, 3.8) is 0 Å². The quantitative estimate of drug-likeness (QED) is 0.560. The Balaban J connectivity index is 1.76. The molecule has 2 unspecified atom stereocenters. The van der Waals surface area contributed by atoms with Crippen LogP contribution in [-0.4, -0.2) is 55.6 Å². The van der Waals surface area contributed by atoms with Crippen LogP contribution in [0.2, 0.25) is 0 Å². The van der Waals surface area contributed by atoms with Gasteiger partial charge in [-0.1, -0.05) is 0 Å². The van der Waals surface area contributed by atoms with Crippen molar-refractivity contribution >= 4 is 17.3 Å². The van der Waals surface area contributed by atoms with Gasteiger partial charge in [-0.15, -0.1) is 0 Å². The highest BCUT2D eigenvalue weighted by atomic mass is 32.1. The van der Waals surface area contributed by atoms with Crippen LogP contribution in [0, 0.1) is 0 Å². The predicted molar refractivity (Wildman–Crippen MR) is 61.9 cm³/mol. The first-order valence-corrected chi connectivity index (χ1v) is 5.87. The van der Waals surface area contributed by atoms with Crippen LogP contribution in [0.5, 0.6) is 0 Å². The van der Waals surface area contributed by atoms with Gasteiger partial charge in [0.05, 0.1) is 18.8 Å². The zero-order valence-electron chi connectivity index (χ0n) is 9.07. The molecule has 2 aliphatic heterocycles. The standard InChI is InChI=1S/C10H18N2O2S/c1-13-5-4-11-10(15)12-6-8-2-3-9(7-12)14-8/h8-9H,2-7H2,1H3,(H,11,15). The summed E-state index contributed by atoms with van der Waals surface area (Å²) in [4.78, 5) is 2.22. The molecule has 4 nitrogen and oxygen atoms in total. The first-order valence-electron chi connectivity index (χ1n) is 5.47. The van der Waals surface area contributed by atoms with Crippen LogP contribution in [0.1, 0.15) is 12.8 Å². The smallest absolute Gasteiger partial charge is 0.169 e. The maximum absolute atomic E-state index is 5.75. The van der Waals surface area contributed by atoms with Crippen molar-refractivity contribution in [1.82, 2.24) is 10.2 Å². The molecule has 0 spiro atoms. The third-order valence-corrected chi connectivity index (χ3v) is 3.32. The molecule has 2 aliphatic rings. The lowest BCUT2D eigenvalue weighted by molar-refractivity contribution is -0.0159. The fourth-order valence-electron chi connectivity index (χ4n) is 2.15. The highest BCUT2D eigenvalue weighted by Crippen LogP contribution is 2.26. The van der Waals surface area contributed by atoms with E-state index < -0.39 is 0 Å². The summed E-state index contributed by atoms with van der Waals surface area (Å²) in [5.74, 6) is 0. The maximum atomic E-state index is 5.75. The van der Waals surface area contributed by atoms with Gasteiger partial charge in [-0.25, -0.2) is 0 Å². The number of nitrogens with one attached hydrogen (secondary N) is 1. The van der Waals surface area contributed by atoms with Gasteiger partial charge in [-0.2, -0.15) is 0 Å². The Morgan fingerprint density at radius 1 is 1.47 bits per heavy atom. The molecule has 0 amide bonds. The van der Waals surface area contributed by atoms with Gasteiger partial charge in [0.15, 0.2) is 5.11 Å². The second-order valence-electron chi connectivity index (χ2n) is 4.09. The number of ether oxygens (including phenoxy) is 2. The van der Waals surface area contributed by atoms with Gasteiger partial charge in [0.1, 0.15) is 0 Å². The number of rotatable bonds is 3. The minimum absolute atomic E-state index is 0.394. The molecule has 2 atom stereocenters. The molecule has 5 heteroatoms. The van der Waals surface area contributed by atoms with Gasteiger partial charge in [-0.05, 0) is 25.1 Å². The van der Waals surface area contributed by atoms with Gasteiger partial charge >= 0.3 is 0 Å². The lowest BCUT2D eigenvalue weighted by Gasteiger charge is -2.34. The van der Waals surface area contributed by atoms with Crippen molar-refractivity contribution < 1.29 is 9.47 Å². The molecule has 2 bridgehead atoms. The summed E-state index contributed by atoms with van der Waals surface area (Å²) in [6.07, 6.45) is 3.15. The number of hydrogen-bond donors (Lipinski definition) is 1. The van der Waals surface area contributed by atoms with Crippen LogP contribution in [0.25, 0.3) is 0 Å². The number of morpholine rings is 1. The minimum Gasteiger partial charge on any atom is -0.383 e. The average molecular weight is 230 g/mol. The largest absolute Gasteiger partial charge is 0.383 e. The number of methoxy groups -OCH3 is 1. The molecule has 1 N–H and O–H groups in total. The van der Waals surface area contributed by atoms with Crippen molar-refractivity contribution in [2.45, 2.75) is 25.0 Å². The SMILES string of the molecule is COCCNC(=S)N1CC2CCC(C1)O2. The summed E-state index contributed by atoms with van der Waals surface area (Å²) in [6.45, 7) is 3.35. The zero-order valence-corrected chi connectivity index (χ0v) is 9.89. The number of thiocarbonyl (C=S) groups is 1. The number of likely N-dealkylation sites (tertiary alicyclic amines) is 1. The Bertz CT molecular complexity index is 225. The van der Waals surface area contributed by atoms with Gasteiger partial charge < -0.3 is 19.7 Å². The topological polar surface area (TPSA) is 33.7 Å². The van der Waals surface area contributed by atoms with Gasteiger partial charge in [-0.3, -0.25) is 0 Å². The molecule has 0 saturated carbocycles. The average Bonchev–Trinajstić information content (AvgIpc) is 2.58. The maximum Gasteiger partial charge on any atom is 0.169 e. The fourth-order valence-corrected chi connectivity index (χ4v) is 2.40. The van der Waals surface area contributed by atoms with E-state index in [1.54, 1.807) is 7.11 Å². The zero-order chi connectivity index (χ0) is 10.7. The second-order valence-corrected chi connectivity index (χ2v) is 4.47. The van der Waals surface area contributed by atoms with Crippen LogP contribution in [0.15, 0.2) is 0 Å². The third kappa shape index (κ3) is 2.80.